The second kappa shape index (κ2) is 9.59. The lowest BCUT2D eigenvalue weighted by atomic mass is 9.85. The molecule has 1 atom stereocenters. The number of guanidine groups is 1. The zero-order valence-corrected chi connectivity index (χ0v) is 18.0. The van der Waals surface area contributed by atoms with Crippen LogP contribution in [0.5, 0.6) is 0 Å². The highest BCUT2D eigenvalue weighted by molar-refractivity contribution is 5.81. The van der Waals surface area contributed by atoms with Gasteiger partial charge in [-0.2, -0.15) is 0 Å². The van der Waals surface area contributed by atoms with Crippen LogP contribution in [-0.4, -0.2) is 49.0 Å². The monoisotopic (exact) mass is 402 g/mol. The number of carbonyl (C=O) groups excluding carboxylic acids is 1. The molecule has 160 valence electrons. The van der Waals surface area contributed by atoms with Crippen molar-refractivity contribution in [1.82, 2.24) is 15.5 Å². The second-order valence-corrected chi connectivity index (χ2v) is 8.98. The Hall–Kier alpha value is -2.11. The van der Waals surface area contributed by atoms with Crippen LogP contribution in [0.1, 0.15) is 58.4 Å². The molecule has 1 amide bonds. The van der Waals surface area contributed by atoms with Crippen LogP contribution in [0.3, 0.4) is 0 Å². The summed E-state index contributed by atoms with van der Waals surface area (Å²) >= 11 is 0. The Morgan fingerprint density at radius 3 is 2.72 bits per heavy atom. The largest absolute Gasteiger partial charge is 0.357 e. The topological polar surface area (TPSA) is 56.7 Å². The first-order valence-electron chi connectivity index (χ1n) is 11.0. The van der Waals surface area contributed by atoms with Crippen LogP contribution in [0, 0.1) is 11.7 Å². The lowest BCUT2D eigenvalue weighted by molar-refractivity contribution is -0.134. The number of hydrogen-bond acceptors (Lipinski definition) is 2. The van der Waals surface area contributed by atoms with E-state index in [2.05, 4.69) is 24.5 Å². The lowest BCUT2D eigenvalue weighted by Gasteiger charge is -2.25. The first kappa shape index (κ1) is 21.6. The number of benzene rings is 1. The molecule has 1 aromatic rings. The highest BCUT2D eigenvalue weighted by Gasteiger charge is 2.32. The maximum Gasteiger partial charge on any atom is 0.225 e. The molecule has 1 unspecified atom stereocenters. The standard InChI is InChI=1S/C23H35FN4O/c1-4-25-22(26-16-23(2,3)18-10-7-11-19(24)14-18)27-20-12-13-28(15-20)21(29)17-8-5-6-9-17/h7,10-11,14,17,20H,4-6,8-9,12-13,15-16H2,1-3H3,(H2,25,26,27). The number of amides is 1. The van der Waals surface area contributed by atoms with Gasteiger partial charge in [-0.3, -0.25) is 9.79 Å². The molecule has 1 aromatic carbocycles. The fraction of sp³-hybridized carbons (Fsp3) is 0.652. The van der Waals surface area contributed by atoms with E-state index < -0.39 is 0 Å². The van der Waals surface area contributed by atoms with E-state index in [4.69, 9.17) is 4.99 Å². The molecule has 6 heteroatoms. The Labute approximate surface area is 174 Å². The molecular weight excluding hydrogens is 367 g/mol. The van der Waals surface area contributed by atoms with Crippen molar-refractivity contribution in [2.24, 2.45) is 10.9 Å². The molecule has 29 heavy (non-hydrogen) atoms. The average molecular weight is 403 g/mol. The van der Waals surface area contributed by atoms with Crippen molar-refractivity contribution in [1.29, 1.82) is 0 Å². The number of rotatable bonds is 6. The van der Waals surface area contributed by atoms with Gasteiger partial charge in [0.05, 0.1) is 6.54 Å². The van der Waals surface area contributed by atoms with Crippen molar-refractivity contribution in [3.05, 3.63) is 35.6 Å². The van der Waals surface area contributed by atoms with Crippen LogP contribution in [-0.2, 0) is 10.2 Å². The third-order valence-corrected chi connectivity index (χ3v) is 6.13. The minimum atomic E-state index is -0.273. The molecule has 5 nitrogen and oxygen atoms in total. The van der Waals surface area contributed by atoms with Gasteiger partial charge in [0.25, 0.3) is 0 Å². The van der Waals surface area contributed by atoms with Gasteiger partial charge in [0.2, 0.25) is 5.91 Å². The molecule has 1 aliphatic heterocycles. The maximum atomic E-state index is 13.6. The third kappa shape index (κ3) is 5.71. The van der Waals surface area contributed by atoms with Crippen LogP contribution < -0.4 is 10.6 Å². The molecular formula is C23H35FN4O. The minimum absolute atomic E-state index is 0.218. The van der Waals surface area contributed by atoms with Gasteiger partial charge in [-0.15, -0.1) is 0 Å². The van der Waals surface area contributed by atoms with Gasteiger partial charge in [-0.25, -0.2) is 4.39 Å². The molecule has 1 saturated carbocycles. The summed E-state index contributed by atoms with van der Waals surface area (Å²) < 4.78 is 13.6. The Morgan fingerprint density at radius 1 is 1.28 bits per heavy atom. The smallest absolute Gasteiger partial charge is 0.225 e. The first-order chi connectivity index (χ1) is 13.9. The van der Waals surface area contributed by atoms with E-state index in [0.717, 1.165) is 50.4 Å². The Bertz CT molecular complexity index is 727. The number of nitrogens with zero attached hydrogens (tertiary/aromatic N) is 2. The van der Waals surface area contributed by atoms with Gasteiger partial charge in [0.1, 0.15) is 5.82 Å². The van der Waals surface area contributed by atoms with Gasteiger partial charge < -0.3 is 15.5 Å². The molecule has 0 spiro atoms. The summed E-state index contributed by atoms with van der Waals surface area (Å²) in [5, 5.41) is 6.80. The van der Waals surface area contributed by atoms with Crippen molar-refractivity contribution < 1.29 is 9.18 Å². The summed E-state index contributed by atoms with van der Waals surface area (Å²) in [6, 6.07) is 6.96. The maximum absolute atomic E-state index is 13.6. The predicted molar refractivity (Wildman–Crippen MR) is 115 cm³/mol. The minimum Gasteiger partial charge on any atom is -0.357 e. The van der Waals surface area contributed by atoms with Crippen molar-refractivity contribution in [3.8, 4) is 0 Å². The van der Waals surface area contributed by atoms with Crippen LogP contribution in [0.25, 0.3) is 0 Å². The SMILES string of the molecule is CCNC(=NCC(C)(C)c1cccc(F)c1)NC1CCN(C(=O)C2CCCC2)C1. The number of aliphatic imine (C=N–C) groups is 1. The normalized spacial score (nSPS) is 20.9. The summed E-state index contributed by atoms with van der Waals surface area (Å²) in [5.41, 5.74) is 0.663. The summed E-state index contributed by atoms with van der Waals surface area (Å²) in [6.45, 7) is 9.07. The Balaban J connectivity index is 1.58. The molecule has 1 aliphatic carbocycles. The fourth-order valence-electron chi connectivity index (χ4n) is 4.30. The van der Waals surface area contributed by atoms with Crippen LogP contribution in [0.4, 0.5) is 4.39 Å². The van der Waals surface area contributed by atoms with Gasteiger partial charge >= 0.3 is 0 Å². The average Bonchev–Trinajstić information content (AvgIpc) is 3.38. The molecule has 2 N–H and O–H groups in total. The van der Waals surface area contributed by atoms with E-state index in [1.807, 2.05) is 17.9 Å². The number of hydrogen-bond donors (Lipinski definition) is 2. The quantitative estimate of drug-likeness (QED) is 0.566. The fourth-order valence-corrected chi connectivity index (χ4v) is 4.30. The van der Waals surface area contributed by atoms with E-state index >= 15 is 0 Å². The van der Waals surface area contributed by atoms with Gasteiger partial charge in [-0.1, -0.05) is 38.8 Å². The van der Waals surface area contributed by atoms with E-state index in [9.17, 15) is 9.18 Å². The molecule has 1 saturated heterocycles. The van der Waals surface area contributed by atoms with Crippen LogP contribution in [0.2, 0.25) is 0 Å². The molecule has 2 aliphatic rings. The highest BCUT2D eigenvalue weighted by Crippen LogP contribution is 2.28. The molecule has 1 heterocycles. The zero-order chi connectivity index (χ0) is 20.9. The predicted octanol–water partition coefficient (Wildman–Crippen LogP) is 3.45. The van der Waals surface area contributed by atoms with E-state index in [1.165, 1.54) is 18.9 Å². The summed E-state index contributed by atoms with van der Waals surface area (Å²) in [5.74, 6) is 1.11. The third-order valence-electron chi connectivity index (χ3n) is 6.13. The van der Waals surface area contributed by atoms with Crippen molar-refractivity contribution in [2.45, 2.75) is 64.3 Å². The number of likely N-dealkylation sites (tertiary alicyclic amines) is 1. The van der Waals surface area contributed by atoms with E-state index in [1.54, 1.807) is 12.1 Å². The number of carbonyl (C=O) groups is 1. The Morgan fingerprint density at radius 2 is 2.03 bits per heavy atom. The Kier molecular flexibility index (Phi) is 7.14. The van der Waals surface area contributed by atoms with Crippen LogP contribution >= 0.6 is 0 Å². The second-order valence-electron chi connectivity index (χ2n) is 8.98. The highest BCUT2D eigenvalue weighted by atomic mass is 19.1. The van der Waals surface area contributed by atoms with E-state index in [0.29, 0.717) is 12.5 Å². The van der Waals surface area contributed by atoms with Gasteiger partial charge in [0, 0.05) is 37.0 Å². The molecule has 2 fully saturated rings. The number of halogens is 1. The van der Waals surface area contributed by atoms with Crippen molar-refractivity contribution >= 4 is 11.9 Å². The van der Waals surface area contributed by atoms with Crippen molar-refractivity contribution in [2.75, 3.05) is 26.2 Å². The van der Waals surface area contributed by atoms with Crippen LogP contribution in [0.15, 0.2) is 29.3 Å². The van der Waals surface area contributed by atoms with Gasteiger partial charge in [0.15, 0.2) is 5.96 Å². The first-order valence-corrected chi connectivity index (χ1v) is 11.0. The molecule has 0 bridgehead atoms. The number of nitrogens with one attached hydrogen (secondary N) is 2. The summed E-state index contributed by atoms with van der Waals surface area (Å²) in [6.07, 6.45) is 5.41. The molecule has 0 radical (unpaired) electrons. The van der Waals surface area contributed by atoms with Gasteiger partial charge in [-0.05, 0) is 43.9 Å². The summed E-state index contributed by atoms with van der Waals surface area (Å²) in [4.78, 5) is 19.5. The van der Waals surface area contributed by atoms with Crippen molar-refractivity contribution in [3.63, 3.8) is 0 Å². The summed E-state index contributed by atoms with van der Waals surface area (Å²) in [7, 11) is 0. The molecule has 0 aromatic heterocycles. The lowest BCUT2D eigenvalue weighted by Crippen LogP contribution is -2.46. The zero-order valence-electron chi connectivity index (χ0n) is 18.0. The molecule has 3 rings (SSSR count). The van der Waals surface area contributed by atoms with E-state index in [-0.39, 0.29) is 23.2 Å².